The molecule has 35 heavy (non-hydrogen) atoms. The number of carbonyl (C=O) groups is 1. The van der Waals surface area contributed by atoms with E-state index in [2.05, 4.69) is 10.3 Å². The molecule has 0 fully saturated rings. The highest BCUT2D eigenvalue weighted by atomic mass is 32.2. The summed E-state index contributed by atoms with van der Waals surface area (Å²) in [5, 5.41) is 5.17. The van der Waals surface area contributed by atoms with Crippen LogP contribution in [-0.2, 0) is 16.6 Å². The van der Waals surface area contributed by atoms with E-state index in [0.29, 0.717) is 10.7 Å². The van der Waals surface area contributed by atoms with Crippen LogP contribution < -0.4 is 5.32 Å². The van der Waals surface area contributed by atoms with Crippen molar-refractivity contribution >= 4 is 32.4 Å². The van der Waals surface area contributed by atoms with Gasteiger partial charge in [0.2, 0.25) is 10.0 Å². The number of thiazole rings is 1. The lowest BCUT2D eigenvalue weighted by molar-refractivity contribution is 0.102. The number of benzene rings is 3. The van der Waals surface area contributed by atoms with Crippen molar-refractivity contribution in [1.82, 2.24) is 9.29 Å². The molecule has 0 spiro atoms. The molecule has 0 atom stereocenters. The van der Waals surface area contributed by atoms with Crippen LogP contribution >= 0.6 is 11.3 Å². The van der Waals surface area contributed by atoms with Gasteiger partial charge in [0, 0.05) is 29.1 Å². The van der Waals surface area contributed by atoms with E-state index in [1.165, 1.54) is 45.5 Å². The first-order valence-electron chi connectivity index (χ1n) is 11.2. The third-order valence-electron chi connectivity index (χ3n) is 5.55. The molecule has 6 nitrogen and oxygen atoms in total. The summed E-state index contributed by atoms with van der Waals surface area (Å²) in [5.41, 5.74) is 4.20. The Morgan fingerprint density at radius 2 is 1.63 bits per heavy atom. The maximum atomic E-state index is 13.3. The molecule has 180 valence electrons. The largest absolute Gasteiger partial charge is 0.298 e. The lowest BCUT2D eigenvalue weighted by Gasteiger charge is -2.26. The number of anilines is 1. The molecule has 4 rings (SSSR count). The molecule has 0 aliphatic heterocycles. The van der Waals surface area contributed by atoms with E-state index >= 15 is 0 Å². The van der Waals surface area contributed by atoms with E-state index in [4.69, 9.17) is 0 Å². The van der Waals surface area contributed by atoms with Crippen molar-refractivity contribution in [3.05, 3.63) is 101 Å². The van der Waals surface area contributed by atoms with Gasteiger partial charge in [-0.3, -0.25) is 10.1 Å². The maximum absolute atomic E-state index is 13.3. The molecule has 0 bridgehead atoms. The first kappa shape index (κ1) is 24.8. The lowest BCUT2D eigenvalue weighted by atomic mass is 10.1. The summed E-state index contributed by atoms with van der Waals surface area (Å²) >= 11 is 1.34. The fraction of sp³-hybridized carbons (Fsp3) is 0.185. The van der Waals surface area contributed by atoms with E-state index < -0.39 is 10.0 Å². The Bertz CT molecular complexity index is 1400. The third kappa shape index (κ3) is 5.85. The molecule has 1 heterocycles. The molecule has 0 saturated carbocycles. The lowest BCUT2D eigenvalue weighted by Crippen LogP contribution is -2.36. The first-order chi connectivity index (χ1) is 16.7. The standard InChI is InChI=1S/C27H27N3O3S2/c1-19(2)30(17-21-7-5-4-6-8-21)35(32,33)24-15-13-23(14-16-24)26(31)29-27-28-25(18-34-27)22-11-9-20(3)10-12-22/h4-16,18-19H,17H2,1-3H3,(H,28,29,31). The third-order valence-corrected chi connectivity index (χ3v) is 8.35. The Morgan fingerprint density at radius 3 is 2.26 bits per heavy atom. The molecule has 1 N–H and O–H groups in total. The highest BCUT2D eigenvalue weighted by Crippen LogP contribution is 2.26. The SMILES string of the molecule is Cc1ccc(-c2csc(NC(=O)c3ccc(S(=O)(=O)N(Cc4ccccc4)C(C)C)cc3)n2)cc1. The van der Waals surface area contributed by atoms with Gasteiger partial charge in [-0.25, -0.2) is 13.4 Å². The molecule has 0 unspecified atom stereocenters. The van der Waals surface area contributed by atoms with Gasteiger partial charge in [-0.1, -0.05) is 60.2 Å². The fourth-order valence-corrected chi connectivity index (χ4v) is 5.92. The van der Waals surface area contributed by atoms with Crippen LogP contribution in [0.4, 0.5) is 5.13 Å². The van der Waals surface area contributed by atoms with Crippen molar-refractivity contribution in [2.24, 2.45) is 0 Å². The number of carbonyl (C=O) groups excluding carboxylic acids is 1. The Labute approximate surface area is 210 Å². The van der Waals surface area contributed by atoms with E-state index in [0.717, 1.165) is 16.8 Å². The predicted octanol–water partition coefficient (Wildman–Crippen LogP) is 5.97. The summed E-state index contributed by atoms with van der Waals surface area (Å²) in [6.45, 7) is 6.00. The monoisotopic (exact) mass is 505 g/mol. The van der Waals surface area contributed by atoms with E-state index in [1.807, 2.05) is 80.7 Å². The van der Waals surface area contributed by atoms with Crippen LogP contribution in [0.2, 0.25) is 0 Å². The molecule has 1 aromatic heterocycles. The van der Waals surface area contributed by atoms with Gasteiger partial charge in [0.25, 0.3) is 5.91 Å². The van der Waals surface area contributed by atoms with Gasteiger partial charge in [-0.05, 0) is 50.6 Å². The fourth-order valence-electron chi connectivity index (χ4n) is 3.58. The second-order valence-corrected chi connectivity index (χ2v) is 11.3. The Kier molecular flexibility index (Phi) is 7.45. The minimum Gasteiger partial charge on any atom is -0.298 e. The molecular weight excluding hydrogens is 478 g/mol. The highest BCUT2D eigenvalue weighted by Gasteiger charge is 2.27. The van der Waals surface area contributed by atoms with Gasteiger partial charge in [-0.2, -0.15) is 4.31 Å². The number of aryl methyl sites for hydroxylation is 1. The number of hydrogen-bond donors (Lipinski definition) is 1. The zero-order valence-electron chi connectivity index (χ0n) is 19.8. The van der Waals surface area contributed by atoms with E-state index in [1.54, 1.807) is 0 Å². The zero-order chi connectivity index (χ0) is 25.0. The Morgan fingerprint density at radius 1 is 0.971 bits per heavy atom. The average Bonchev–Trinajstić information content (AvgIpc) is 3.32. The highest BCUT2D eigenvalue weighted by molar-refractivity contribution is 7.89. The van der Waals surface area contributed by atoms with Gasteiger partial charge in [0.15, 0.2) is 5.13 Å². The molecule has 0 saturated heterocycles. The average molecular weight is 506 g/mol. The number of hydrogen-bond acceptors (Lipinski definition) is 5. The summed E-state index contributed by atoms with van der Waals surface area (Å²) in [6, 6.07) is 23.3. The number of rotatable bonds is 8. The smallest absolute Gasteiger partial charge is 0.257 e. The number of aromatic nitrogens is 1. The van der Waals surface area contributed by atoms with Gasteiger partial charge in [0.1, 0.15) is 0 Å². The second-order valence-electron chi connectivity index (χ2n) is 8.51. The minimum atomic E-state index is -3.74. The number of amides is 1. The molecule has 1 amide bonds. The summed E-state index contributed by atoms with van der Waals surface area (Å²) in [4.78, 5) is 17.4. The molecule has 0 radical (unpaired) electrons. The van der Waals surface area contributed by atoms with Crippen molar-refractivity contribution in [1.29, 1.82) is 0 Å². The van der Waals surface area contributed by atoms with Crippen molar-refractivity contribution in [3.8, 4) is 11.3 Å². The summed E-state index contributed by atoms with van der Waals surface area (Å²) in [6.07, 6.45) is 0. The quantitative estimate of drug-likeness (QED) is 0.320. The van der Waals surface area contributed by atoms with Crippen LogP contribution in [0.15, 0.2) is 89.1 Å². The van der Waals surface area contributed by atoms with Crippen molar-refractivity contribution < 1.29 is 13.2 Å². The number of nitrogens with one attached hydrogen (secondary N) is 1. The number of sulfonamides is 1. The minimum absolute atomic E-state index is 0.148. The van der Waals surface area contributed by atoms with Crippen molar-refractivity contribution in [3.63, 3.8) is 0 Å². The number of nitrogens with zero attached hydrogens (tertiary/aromatic N) is 2. The predicted molar refractivity (Wildman–Crippen MR) is 141 cm³/mol. The van der Waals surface area contributed by atoms with E-state index in [-0.39, 0.29) is 23.4 Å². The van der Waals surface area contributed by atoms with Crippen molar-refractivity contribution in [2.75, 3.05) is 5.32 Å². The van der Waals surface area contributed by atoms with Crippen LogP contribution in [-0.4, -0.2) is 29.7 Å². The van der Waals surface area contributed by atoms with Gasteiger partial charge in [0.05, 0.1) is 10.6 Å². The summed E-state index contributed by atoms with van der Waals surface area (Å²) < 4.78 is 28.1. The van der Waals surface area contributed by atoms with Crippen molar-refractivity contribution in [2.45, 2.75) is 38.3 Å². The van der Waals surface area contributed by atoms with Gasteiger partial charge >= 0.3 is 0 Å². The molecule has 4 aromatic rings. The topological polar surface area (TPSA) is 79.4 Å². The molecule has 0 aliphatic carbocycles. The zero-order valence-corrected chi connectivity index (χ0v) is 21.4. The molecule has 0 aliphatic rings. The second kappa shape index (κ2) is 10.5. The maximum Gasteiger partial charge on any atom is 0.257 e. The van der Waals surface area contributed by atoms with E-state index in [9.17, 15) is 13.2 Å². The molecule has 8 heteroatoms. The molecular formula is C27H27N3O3S2. The summed E-state index contributed by atoms with van der Waals surface area (Å²) in [7, 11) is -3.74. The normalized spacial score (nSPS) is 11.7. The van der Waals surface area contributed by atoms with Gasteiger partial charge in [-0.15, -0.1) is 11.3 Å². The first-order valence-corrected chi connectivity index (χ1v) is 13.6. The van der Waals surface area contributed by atoms with Gasteiger partial charge < -0.3 is 0 Å². The Balaban J connectivity index is 1.47. The Hall–Kier alpha value is -3.33. The van der Waals surface area contributed by atoms with Crippen LogP contribution in [0.5, 0.6) is 0 Å². The summed E-state index contributed by atoms with van der Waals surface area (Å²) in [5.74, 6) is -0.344. The van der Waals surface area contributed by atoms with Crippen LogP contribution in [0, 0.1) is 6.92 Å². The van der Waals surface area contributed by atoms with Crippen LogP contribution in [0.3, 0.4) is 0 Å². The van der Waals surface area contributed by atoms with Crippen LogP contribution in [0.25, 0.3) is 11.3 Å². The van der Waals surface area contributed by atoms with Crippen LogP contribution in [0.1, 0.15) is 35.3 Å². The molecule has 3 aromatic carbocycles.